The van der Waals surface area contributed by atoms with Crippen LogP contribution in [-0.4, -0.2) is 28.9 Å². The number of amides is 1. The normalized spacial score (nSPS) is 10.7. The largest absolute Gasteiger partial charge is 0.490 e. The summed E-state index contributed by atoms with van der Waals surface area (Å²) in [6.07, 6.45) is 1.62. The molecule has 0 unspecified atom stereocenters. The summed E-state index contributed by atoms with van der Waals surface area (Å²) in [4.78, 5) is 12.7. The van der Waals surface area contributed by atoms with Gasteiger partial charge in [0.05, 0.1) is 19.8 Å². The van der Waals surface area contributed by atoms with Crippen LogP contribution in [0.2, 0.25) is 15.1 Å². The third-order valence-corrected chi connectivity index (χ3v) is 4.97. The Morgan fingerprint density at radius 3 is 2.43 bits per heavy atom. The number of hydrogen-bond acceptors (Lipinski definition) is 4. The zero-order chi connectivity index (χ0) is 21.7. The molecule has 0 aliphatic carbocycles. The maximum atomic E-state index is 12.7. The summed E-state index contributed by atoms with van der Waals surface area (Å²) in [5.41, 5.74) is 1.22. The Kier molecular flexibility index (Phi) is 7.48. The maximum absolute atomic E-state index is 12.7. The van der Waals surface area contributed by atoms with Crippen LogP contribution in [0, 0.1) is 0 Å². The molecule has 1 N–H and O–H groups in total. The minimum atomic E-state index is -0.365. The SMILES string of the molecule is CCOc1ccc(C(=O)Nc2nn(Cc3ccc(Cl)cc3Cl)cc2Cl)cc1OCC. The molecule has 1 aromatic heterocycles. The number of rotatable bonds is 8. The molecule has 158 valence electrons. The number of nitrogens with zero attached hydrogens (tertiary/aromatic N) is 2. The Hall–Kier alpha value is -2.41. The molecule has 1 amide bonds. The predicted octanol–water partition coefficient (Wildman–Crippen LogP) is 5.94. The fourth-order valence-electron chi connectivity index (χ4n) is 2.76. The second-order valence-corrected chi connectivity index (χ2v) is 7.49. The van der Waals surface area contributed by atoms with Crippen molar-refractivity contribution in [3.8, 4) is 11.5 Å². The lowest BCUT2D eigenvalue weighted by atomic mass is 10.2. The Bertz CT molecular complexity index is 1050. The molecule has 0 spiro atoms. The van der Waals surface area contributed by atoms with Crippen LogP contribution in [0.15, 0.2) is 42.6 Å². The zero-order valence-electron chi connectivity index (χ0n) is 16.4. The van der Waals surface area contributed by atoms with Crippen molar-refractivity contribution in [2.45, 2.75) is 20.4 Å². The predicted molar refractivity (Wildman–Crippen MR) is 120 cm³/mol. The smallest absolute Gasteiger partial charge is 0.257 e. The standard InChI is InChI=1S/C21H20Cl3N3O3/c1-3-29-18-8-6-13(9-19(18)30-4-2)21(28)25-20-17(24)12-27(26-20)11-14-5-7-15(22)10-16(14)23/h5-10,12H,3-4,11H2,1-2H3,(H,25,26,28). The van der Waals surface area contributed by atoms with Gasteiger partial charge in [-0.25, -0.2) is 0 Å². The van der Waals surface area contributed by atoms with E-state index in [1.165, 1.54) is 0 Å². The quantitative estimate of drug-likeness (QED) is 0.444. The van der Waals surface area contributed by atoms with Crippen LogP contribution in [-0.2, 0) is 6.54 Å². The summed E-state index contributed by atoms with van der Waals surface area (Å²) >= 11 is 18.4. The van der Waals surface area contributed by atoms with Crippen LogP contribution in [0.4, 0.5) is 5.82 Å². The number of nitrogens with one attached hydrogen (secondary N) is 1. The van der Waals surface area contributed by atoms with Gasteiger partial charge in [-0.05, 0) is 49.7 Å². The van der Waals surface area contributed by atoms with Gasteiger partial charge in [0.2, 0.25) is 0 Å². The van der Waals surface area contributed by atoms with Crippen molar-refractivity contribution in [2.24, 2.45) is 0 Å². The number of halogens is 3. The highest BCUT2D eigenvalue weighted by molar-refractivity contribution is 6.35. The Morgan fingerprint density at radius 2 is 1.73 bits per heavy atom. The number of ether oxygens (including phenoxy) is 2. The first-order valence-electron chi connectivity index (χ1n) is 9.29. The number of anilines is 1. The van der Waals surface area contributed by atoms with Gasteiger partial charge in [0, 0.05) is 21.8 Å². The highest BCUT2D eigenvalue weighted by atomic mass is 35.5. The van der Waals surface area contributed by atoms with Crippen LogP contribution in [0.25, 0.3) is 0 Å². The van der Waals surface area contributed by atoms with E-state index >= 15 is 0 Å². The monoisotopic (exact) mass is 467 g/mol. The van der Waals surface area contributed by atoms with E-state index in [1.807, 2.05) is 19.9 Å². The summed E-state index contributed by atoms with van der Waals surface area (Å²) in [5, 5.41) is 8.46. The van der Waals surface area contributed by atoms with Crippen molar-refractivity contribution in [1.29, 1.82) is 0 Å². The average molecular weight is 469 g/mol. The van der Waals surface area contributed by atoms with Gasteiger partial charge in [0.25, 0.3) is 5.91 Å². The lowest BCUT2D eigenvalue weighted by Crippen LogP contribution is -2.13. The summed E-state index contributed by atoms with van der Waals surface area (Å²) in [6, 6.07) is 10.2. The molecule has 30 heavy (non-hydrogen) atoms. The second-order valence-electron chi connectivity index (χ2n) is 6.24. The molecule has 1 heterocycles. The fraction of sp³-hybridized carbons (Fsp3) is 0.238. The maximum Gasteiger partial charge on any atom is 0.257 e. The molecule has 0 saturated heterocycles. The van der Waals surface area contributed by atoms with Crippen molar-refractivity contribution in [3.05, 3.63) is 68.8 Å². The van der Waals surface area contributed by atoms with E-state index in [0.717, 1.165) is 5.56 Å². The van der Waals surface area contributed by atoms with E-state index in [0.29, 0.717) is 51.9 Å². The third kappa shape index (κ3) is 5.39. The van der Waals surface area contributed by atoms with Crippen molar-refractivity contribution in [2.75, 3.05) is 18.5 Å². The van der Waals surface area contributed by atoms with Gasteiger partial charge in [0.15, 0.2) is 17.3 Å². The number of carbonyl (C=O) groups excluding carboxylic acids is 1. The Morgan fingerprint density at radius 1 is 1.00 bits per heavy atom. The van der Waals surface area contributed by atoms with E-state index in [9.17, 15) is 4.79 Å². The summed E-state index contributed by atoms with van der Waals surface area (Å²) < 4.78 is 12.7. The van der Waals surface area contributed by atoms with E-state index in [-0.39, 0.29) is 11.7 Å². The van der Waals surface area contributed by atoms with Gasteiger partial charge < -0.3 is 14.8 Å². The molecule has 3 rings (SSSR count). The molecule has 0 bridgehead atoms. The zero-order valence-corrected chi connectivity index (χ0v) is 18.7. The summed E-state index contributed by atoms with van der Waals surface area (Å²) in [5.74, 6) is 0.966. The van der Waals surface area contributed by atoms with E-state index in [2.05, 4.69) is 10.4 Å². The van der Waals surface area contributed by atoms with Crippen molar-refractivity contribution < 1.29 is 14.3 Å². The minimum Gasteiger partial charge on any atom is -0.490 e. The molecular weight excluding hydrogens is 449 g/mol. The van der Waals surface area contributed by atoms with Gasteiger partial charge in [-0.1, -0.05) is 40.9 Å². The summed E-state index contributed by atoms with van der Waals surface area (Å²) in [7, 11) is 0. The molecule has 2 aromatic carbocycles. The second kappa shape index (κ2) is 10.1. The molecule has 0 radical (unpaired) electrons. The lowest BCUT2D eigenvalue weighted by molar-refractivity contribution is 0.102. The molecule has 0 aliphatic rings. The molecule has 0 fully saturated rings. The summed E-state index contributed by atoms with van der Waals surface area (Å²) in [6.45, 7) is 5.07. The first-order valence-corrected chi connectivity index (χ1v) is 10.4. The first kappa shape index (κ1) is 22.3. The Balaban J connectivity index is 1.76. The van der Waals surface area contributed by atoms with Crippen LogP contribution in [0.1, 0.15) is 29.8 Å². The van der Waals surface area contributed by atoms with Gasteiger partial charge in [-0.2, -0.15) is 5.10 Å². The van der Waals surface area contributed by atoms with Crippen molar-refractivity contribution in [1.82, 2.24) is 9.78 Å². The molecular formula is C21H20Cl3N3O3. The van der Waals surface area contributed by atoms with Crippen LogP contribution in [0.5, 0.6) is 11.5 Å². The highest BCUT2D eigenvalue weighted by Crippen LogP contribution is 2.29. The average Bonchev–Trinajstić information content (AvgIpc) is 3.04. The van der Waals surface area contributed by atoms with Crippen LogP contribution < -0.4 is 14.8 Å². The van der Waals surface area contributed by atoms with E-state index < -0.39 is 0 Å². The molecule has 9 heteroatoms. The van der Waals surface area contributed by atoms with Crippen molar-refractivity contribution >= 4 is 46.5 Å². The first-order chi connectivity index (χ1) is 14.4. The lowest BCUT2D eigenvalue weighted by Gasteiger charge is -2.12. The van der Waals surface area contributed by atoms with Gasteiger partial charge in [-0.15, -0.1) is 0 Å². The van der Waals surface area contributed by atoms with E-state index in [1.54, 1.807) is 41.2 Å². The minimum absolute atomic E-state index is 0.249. The molecule has 3 aromatic rings. The van der Waals surface area contributed by atoms with Crippen LogP contribution >= 0.6 is 34.8 Å². The topological polar surface area (TPSA) is 65.4 Å². The van der Waals surface area contributed by atoms with Gasteiger partial charge in [0.1, 0.15) is 5.02 Å². The van der Waals surface area contributed by atoms with Gasteiger partial charge >= 0.3 is 0 Å². The molecule has 6 nitrogen and oxygen atoms in total. The van der Waals surface area contributed by atoms with Crippen molar-refractivity contribution in [3.63, 3.8) is 0 Å². The number of aromatic nitrogens is 2. The molecule has 0 atom stereocenters. The molecule has 0 aliphatic heterocycles. The van der Waals surface area contributed by atoms with E-state index in [4.69, 9.17) is 44.3 Å². The molecule has 0 saturated carbocycles. The number of carbonyl (C=O) groups is 1. The van der Waals surface area contributed by atoms with Gasteiger partial charge in [-0.3, -0.25) is 9.48 Å². The highest BCUT2D eigenvalue weighted by Gasteiger charge is 2.16. The van der Waals surface area contributed by atoms with Crippen LogP contribution in [0.3, 0.4) is 0 Å². The Labute approximate surface area is 189 Å². The fourth-order valence-corrected chi connectivity index (χ4v) is 3.43. The third-order valence-electron chi connectivity index (χ3n) is 4.10. The number of benzene rings is 2. The number of hydrogen-bond donors (Lipinski definition) is 1.